The Hall–Kier alpha value is -1.26. The third kappa shape index (κ3) is 4.72. The van der Waals surface area contributed by atoms with E-state index in [0.717, 1.165) is 42.7 Å². The lowest BCUT2D eigenvalue weighted by atomic mass is 9.96. The second-order valence-electron chi connectivity index (χ2n) is 6.71. The van der Waals surface area contributed by atoms with Crippen LogP contribution in [0.1, 0.15) is 24.0 Å². The number of carbonyl (C=O) groups excluding carboxylic acids is 1. The van der Waals surface area contributed by atoms with E-state index in [9.17, 15) is 4.79 Å². The highest BCUT2D eigenvalue weighted by molar-refractivity contribution is 6.35. The number of anilines is 1. The summed E-state index contributed by atoms with van der Waals surface area (Å²) in [6, 6.07) is 11.1. The zero-order chi connectivity index (χ0) is 18.7. The summed E-state index contributed by atoms with van der Waals surface area (Å²) in [6.45, 7) is 4.30. The molecule has 2 aromatic carbocycles. The molecule has 1 aliphatic rings. The average molecular weight is 412 g/mol. The maximum absolute atomic E-state index is 12.7. The molecule has 1 fully saturated rings. The Morgan fingerprint density at radius 2 is 2.00 bits per heavy atom. The number of nitrogens with zero attached hydrogens (tertiary/aromatic N) is 1. The molecule has 1 atom stereocenters. The first-order valence-electron chi connectivity index (χ1n) is 8.66. The van der Waals surface area contributed by atoms with Gasteiger partial charge in [0.25, 0.3) is 0 Å². The molecule has 0 spiro atoms. The van der Waals surface area contributed by atoms with Crippen LogP contribution in [0.15, 0.2) is 36.4 Å². The van der Waals surface area contributed by atoms with Crippen LogP contribution in [0, 0.1) is 12.8 Å². The summed E-state index contributed by atoms with van der Waals surface area (Å²) < 4.78 is 0. The molecule has 6 heteroatoms. The van der Waals surface area contributed by atoms with Gasteiger partial charge in [-0.15, -0.1) is 0 Å². The van der Waals surface area contributed by atoms with E-state index >= 15 is 0 Å². The lowest BCUT2D eigenvalue weighted by Crippen LogP contribution is -2.40. The minimum Gasteiger partial charge on any atom is -0.326 e. The molecule has 0 unspecified atom stereocenters. The topological polar surface area (TPSA) is 32.3 Å². The summed E-state index contributed by atoms with van der Waals surface area (Å²) in [5.41, 5.74) is 2.70. The Kier molecular flexibility index (Phi) is 6.46. The molecule has 138 valence electrons. The van der Waals surface area contributed by atoms with Gasteiger partial charge in [0, 0.05) is 33.8 Å². The largest absolute Gasteiger partial charge is 0.326 e. The molecule has 1 heterocycles. The SMILES string of the molecule is Cc1c(Cl)cccc1NC(=O)[C@@H]1CCCN(Cc2ccc(Cl)cc2Cl)C1. The van der Waals surface area contributed by atoms with Crippen LogP contribution in [0.2, 0.25) is 15.1 Å². The van der Waals surface area contributed by atoms with Gasteiger partial charge in [0.15, 0.2) is 0 Å². The van der Waals surface area contributed by atoms with Crippen molar-refractivity contribution in [2.24, 2.45) is 5.92 Å². The van der Waals surface area contributed by atoms with Crippen LogP contribution in [0.5, 0.6) is 0 Å². The first kappa shape index (κ1) is 19.5. The summed E-state index contributed by atoms with van der Waals surface area (Å²) in [5.74, 6) is -0.00419. The molecule has 1 amide bonds. The maximum Gasteiger partial charge on any atom is 0.228 e. The summed E-state index contributed by atoms with van der Waals surface area (Å²) in [4.78, 5) is 15.0. The number of likely N-dealkylation sites (tertiary alicyclic amines) is 1. The van der Waals surface area contributed by atoms with Crippen molar-refractivity contribution in [3.05, 3.63) is 62.6 Å². The number of carbonyl (C=O) groups is 1. The Morgan fingerprint density at radius 1 is 1.19 bits per heavy atom. The van der Waals surface area contributed by atoms with Gasteiger partial charge in [0.05, 0.1) is 5.92 Å². The van der Waals surface area contributed by atoms with Crippen molar-refractivity contribution in [1.29, 1.82) is 0 Å². The van der Waals surface area contributed by atoms with E-state index in [1.54, 1.807) is 6.07 Å². The van der Waals surface area contributed by atoms with Crippen LogP contribution in [0.25, 0.3) is 0 Å². The molecule has 3 nitrogen and oxygen atoms in total. The van der Waals surface area contributed by atoms with E-state index in [2.05, 4.69) is 10.2 Å². The summed E-state index contributed by atoms with van der Waals surface area (Å²) in [7, 11) is 0. The molecule has 0 radical (unpaired) electrons. The van der Waals surface area contributed by atoms with E-state index in [1.165, 1.54) is 0 Å². The highest BCUT2D eigenvalue weighted by Crippen LogP contribution is 2.27. The summed E-state index contributed by atoms with van der Waals surface area (Å²) in [6.07, 6.45) is 1.87. The van der Waals surface area contributed by atoms with Crippen molar-refractivity contribution in [3.8, 4) is 0 Å². The highest BCUT2D eigenvalue weighted by atomic mass is 35.5. The predicted octanol–water partition coefficient (Wildman–Crippen LogP) is 5.81. The van der Waals surface area contributed by atoms with Crippen LogP contribution in [-0.2, 0) is 11.3 Å². The normalized spacial score (nSPS) is 17.9. The van der Waals surface area contributed by atoms with E-state index < -0.39 is 0 Å². The predicted molar refractivity (Wildman–Crippen MR) is 109 cm³/mol. The third-order valence-corrected chi connectivity index (χ3v) is 5.81. The van der Waals surface area contributed by atoms with E-state index in [0.29, 0.717) is 21.6 Å². The molecule has 1 N–H and O–H groups in total. The lowest BCUT2D eigenvalue weighted by molar-refractivity contribution is -0.121. The monoisotopic (exact) mass is 410 g/mol. The van der Waals surface area contributed by atoms with E-state index in [-0.39, 0.29) is 11.8 Å². The van der Waals surface area contributed by atoms with Crippen molar-refractivity contribution < 1.29 is 4.79 Å². The number of nitrogens with one attached hydrogen (secondary N) is 1. The van der Waals surface area contributed by atoms with Crippen LogP contribution in [0.4, 0.5) is 5.69 Å². The van der Waals surface area contributed by atoms with Crippen molar-refractivity contribution in [3.63, 3.8) is 0 Å². The quantitative estimate of drug-likeness (QED) is 0.689. The number of benzene rings is 2. The second-order valence-corrected chi connectivity index (χ2v) is 7.96. The summed E-state index contributed by atoms with van der Waals surface area (Å²) >= 11 is 18.4. The summed E-state index contributed by atoms with van der Waals surface area (Å²) in [5, 5.41) is 4.98. The zero-order valence-electron chi connectivity index (χ0n) is 14.6. The van der Waals surface area contributed by atoms with Crippen LogP contribution in [0.3, 0.4) is 0 Å². The molecule has 2 aromatic rings. The Morgan fingerprint density at radius 3 is 2.77 bits per heavy atom. The van der Waals surface area contributed by atoms with Crippen LogP contribution < -0.4 is 5.32 Å². The zero-order valence-corrected chi connectivity index (χ0v) is 16.8. The number of halogens is 3. The Balaban J connectivity index is 1.64. The molecule has 0 aliphatic carbocycles. The van der Waals surface area contributed by atoms with Gasteiger partial charge in [-0.2, -0.15) is 0 Å². The fourth-order valence-electron chi connectivity index (χ4n) is 3.28. The number of hydrogen-bond donors (Lipinski definition) is 1. The molecule has 0 bridgehead atoms. The Bertz CT molecular complexity index is 810. The highest BCUT2D eigenvalue weighted by Gasteiger charge is 2.26. The van der Waals surface area contributed by atoms with Crippen LogP contribution >= 0.6 is 34.8 Å². The van der Waals surface area contributed by atoms with Crippen molar-refractivity contribution in [1.82, 2.24) is 4.90 Å². The third-order valence-electron chi connectivity index (χ3n) is 4.81. The molecule has 1 aliphatic heterocycles. The molecule has 3 rings (SSSR count). The smallest absolute Gasteiger partial charge is 0.228 e. The average Bonchev–Trinajstić information content (AvgIpc) is 2.61. The van der Waals surface area contributed by atoms with Gasteiger partial charge in [-0.3, -0.25) is 9.69 Å². The number of amides is 1. The van der Waals surface area contributed by atoms with Gasteiger partial charge < -0.3 is 5.32 Å². The van der Waals surface area contributed by atoms with Gasteiger partial charge in [0.1, 0.15) is 0 Å². The second kappa shape index (κ2) is 8.62. The van der Waals surface area contributed by atoms with Crippen LogP contribution in [-0.4, -0.2) is 23.9 Å². The maximum atomic E-state index is 12.7. The molecule has 0 aromatic heterocycles. The van der Waals surface area contributed by atoms with Gasteiger partial charge in [-0.1, -0.05) is 46.9 Å². The first-order valence-corrected chi connectivity index (χ1v) is 9.79. The van der Waals surface area contributed by atoms with Crippen molar-refractivity contribution >= 4 is 46.4 Å². The van der Waals surface area contributed by atoms with Crippen molar-refractivity contribution in [2.75, 3.05) is 18.4 Å². The fraction of sp³-hybridized carbons (Fsp3) is 0.350. The first-order chi connectivity index (χ1) is 12.4. The molecule has 26 heavy (non-hydrogen) atoms. The standard InChI is InChI=1S/C20H21Cl3N2O/c1-13-17(22)5-2-6-19(13)24-20(26)15-4-3-9-25(12-15)11-14-7-8-16(21)10-18(14)23/h2,5-8,10,15H,3-4,9,11-12H2,1H3,(H,24,26)/t15-/m1/s1. The van der Waals surface area contributed by atoms with Gasteiger partial charge >= 0.3 is 0 Å². The van der Waals surface area contributed by atoms with Gasteiger partial charge in [0.2, 0.25) is 5.91 Å². The molecule has 1 saturated heterocycles. The number of hydrogen-bond acceptors (Lipinski definition) is 2. The molecular weight excluding hydrogens is 391 g/mol. The van der Waals surface area contributed by atoms with Gasteiger partial charge in [-0.05, 0) is 61.7 Å². The van der Waals surface area contributed by atoms with Gasteiger partial charge in [-0.25, -0.2) is 0 Å². The van der Waals surface area contributed by atoms with Crippen molar-refractivity contribution in [2.45, 2.75) is 26.3 Å². The Labute approximate surface area is 169 Å². The lowest BCUT2D eigenvalue weighted by Gasteiger charge is -2.32. The number of rotatable bonds is 4. The molecular formula is C20H21Cl3N2O. The van der Waals surface area contributed by atoms with E-state index in [1.807, 2.05) is 37.3 Å². The van der Waals surface area contributed by atoms with E-state index in [4.69, 9.17) is 34.8 Å². The fourth-order valence-corrected chi connectivity index (χ4v) is 3.92. The number of piperidine rings is 1. The minimum absolute atomic E-state index is 0.0438. The molecule has 0 saturated carbocycles. The minimum atomic E-state index is -0.0480.